The van der Waals surface area contributed by atoms with Crippen molar-refractivity contribution in [1.82, 2.24) is 20.4 Å². The summed E-state index contributed by atoms with van der Waals surface area (Å²) in [5.74, 6) is 1.81. The van der Waals surface area contributed by atoms with Gasteiger partial charge in [0, 0.05) is 46.4 Å². The van der Waals surface area contributed by atoms with Gasteiger partial charge >= 0.3 is 0 Å². The highest BCUT2D eigenvalue weighted by Crippen LogP contribution is 2.13. The Labute approximate surface area is 180 Å². The number of amides is 1. The lowest BCUT2D eigenvalue weighted by molar-refractivity contribution is -0.122. The SMILES string of the molecule is CCNC(=NCC(C)Oc1ccc(C)cc1)N1CCN(CC(=O)NCCOC)CC1. The molecule has 0 radical (unpaired) electrons. The maximum atomic E-state index is 12.0. The first-order chi connectivity index (χ1) is 14.5. The highest BCUT2D eigenvalue weighted by Gasteiger charge is 2.21. The van der Waals surface area contributed by atoms with Crippen molar-refractivity contribution >= 4 is 11.9 Å². The third-order valence-electron chi connectivity index (χ3n) is 4.86. The number of carbonyl (C=O) groups excluding carboxylic acids is 1. The molecule has 2 N–H and O–H groups in total. The summed E-state index contributed by atoms with van der Waals surface area (Å²) in [6.07, 6.45) is -0.0153. The summed E-state index contributed by atoms with van der Waals surface area (Å²) in [6.45, 7) is 12.4. The average Bonchev–Trinajstić information content (AvgIpc) is 2.73. The van der Waals surface area contributed by atoms with Crippen LogP contribution in [0.3, 0.4) is 0 Å². The number of rotatable bonds is 10. The van der Waals surface area contributed by atoms with Crippen LogP contribution in [0.4, 0.5) is 0 Å². The van der Waals surface area contributed by atoms with Crippen molar-refractivity contribution in [3.63, 3.8) is 0 Å². The number of carbonyl (C=O) groups is 1. The Hall–Kier alpha value is -2.32. The Morgan fingerprint density at radius 2 is 1.87 bits per heavy atom. The smallest absolute Gasteiger partial charge is 0.234 e. The molecule has 1 aliphatic heterocycles. The van der Waals surface area contributed by atoms with Gasteiger partial charge in [0.15, 0.2) is 5.96 Å². The second-order valence-corrected chi connectivity index (χ2v) is 7.54. The molecular formula is C22H37N5O3. The van der Waals surface area contributed by atoms with Crippen molar-refractivity contribution in [1.29, 1.82) is 0 Å². The van der Waals surface area contributed by atoms with E-state index in [0.717, 1.165) is 44.4 Å². The fourth-order valence-electron chi connectivity index (χ4n) is 3.20. The molecular weight excluding hydrogens is 382 g/mol. The van der Waals surface area contributed by atoms with Crippen LogP contribution < -0.4 is 15.4 Å². The molecule has 1 aliphatic rings. The van der Waals surface area contributed by atoms with Crippen molar-refractivity contribution in [2.45, 2.75) is 26.9 Å². The standard InChI is InChI=1S/C22H37N5O3/c1-5-23-22(25-16-19(3)30-20-8-6-18(2)7-9-20)27-13-11-26(12-14-27)17-21(28)24-10-15-29-4/h6-9,19H,5,10-17H2,1-4H3,(H,23,25)(H,24,28). The molecule has 30 heavy (non-hydrogen) atoms. The second-order valence-electron chi connectivity index (χ2n) is 7.54. The summed E-state index contributed by atoms with van der Waals surface area (Å²) in [7, 11) is 1.63. The van der Waals surface area contributed by atoms with Crippen LogP contribution in [0, 0.1) is 6.92 Å². The molecule has 0 spiro atoms. The Morgan fingerprint density at radius 1 is 1.17 bits per heavy atom. The van der Waals surface area contributed by atoms with Gasteiger partial charge in [0.2, 0.25) is 5.91 Å². The number of hydrogen-bond acceptors (Lipinski definition) is 5. The molecule has 1 amide bonds. The van der Waals surface area contributed by atoms with Crippen LogP contribution >= 0.6 is 0 Å². The molecule has 0 bridgehead atoms. The van der Waals surface area contributed by atoms with Crippen LogP contribution in [0.2, 0.25) is 0 Å². The number of nitrogens with one attached hydrogen (secondary N) is 2. The molecule has 1 heterocycles. The maximum absolute atomic E-state index is 12.0. The van der Waals surface area contributed by atoms with E-state index in [-0.39, 0.29) is 12.0 Å². The largest absolute Gasteiger partial charge is 0.489 e. The van der Waals surface area contributed by atoms with Crippen LogP contribution in [0.25, 0.3) is 0 Å². The molecule has 1 atom stereocenters. The maximum Gasteiger partial charge on any atom is 0.234 e. The number of aryl methyl sites for hydroxylation is 1. The van der Waals surface area contributed by atoms with E-state index in [1.165, 1.54) is 5.56 Å². The fraction of sp³-hybridized carbons (Fsp3) is 0.636. The zero-order chi connectivity index (χ0) is 21.8. The van der Waals surface area contributed by atoms with E-state index in [2.05, 4.69) is 34.3 Å². The Kier molecular flexibility index (Phi) is 10.4. The van der Waals surface area contributed by atoms with Crippen molar-refractivity contribution in [2.24, 2.45) is 4.99 Å². The molecule has 2 rings (SSSR count). The first-order valence-electron chi connectivity index (χ1n) is 10.8. The second kappa shape index (κ2) is 13.1. The van der Waals surface area contributed by atoms with Gasteiger partial charge in [-0.25, -0.2) is 4.99 Å². The van der Waals surface area contributed by atoms with Crippen LogP contribution in [-0.2, 0) is 9.53 Å². The summed E-state index contributed by atoms with van der Waals surface area (Å²) in [5, 5.41) is 6.25. The van der Waals surface area contributed by atoms with Crippen LogP contribution in [0.5, 0.6) is 5.75 Å². The van der Waals surface area contributed by atoms with E-state index in [1.807, 2.05) is 31.2 Å². The minimum absolute atomic E-state index is 0.0153. The zero-order valence-electron chi connectivity index (χ0n) is 18.8. The minimum Gasteiger partial charge on any atom is -0.489 e. The monoisotopic (exact) mass is 419 g/mol. The average molecular weight is 420 g/mol. The molecule has 1 unspecified atom stereocenters. The molecule has 1 saturated heterocycles. The van der Waals surface area contributed by atoms with E-state index < -0.39 is 0 Å². The summed E-state index contributed by atoms with van der Waals surface area (Å²) >= 11 is 0. The minimum atomic E-state index is -0.0153. The summed E-state index contributed by atoms with van der Waals surface area (Å²) in [6, 6.07) is 8.08. The van der Waals surface area contributed by atoms with Crippen molar-refractivity contribution < 1.29 is 14.3 Å². The highest BCUT2D eigenvalue weighted by atomic mass is 16.5. The number of methoxy groups -OCH3 is 1. The topological polar surface area (TPSA) is 78.4 Å². The molecule has 168 valence electrons. The Morgan fingerprint density at radius 3 is 2.50 bits per heavy atom. The first kappa shape index (κ1) is 24.0. The molecule has 0 aromatic heterocycles. The number of guanidine groups is 1. The van der Waals surface area contributed by atoms with E-state index in [0.29, 0.717) is 26.2 Å². The molecule has 1 aromatic rings. The van der Waals surface area contributed by atoms with Crippen LogP contribution in [0.1, 0.15) is 19.4 Å². The lowest BCUT2D eigenvalue weighted by Gasteiger charge is -2.36. The van der Waals surface area contributed by atoms with E-state index in [1.54, 1.807) is 7.11 Å². The lowest BCUT2D eigenvalue weighted by atomic mass is 10.2. The van der Waals surface area contributed by atoms with E-state index in [4.69, 9.17) is 14.5 Å². The van der Waals surface area contributed by atoms with Gasteiger partial charge in [-0.2, -0.15) is 0 Å². The van der Waals surface area contributed by atoms with Gasteiger partial charge in [0.05, 0.1) is 19.7 Å². The predicted octanol–water partition coefficient (Wildman–Crippen LogP) is 1.11. The van der Waals surface area contributed by atoms with Crippen molar-refractivity contribution in [2.75, 3.05) is 66.1 Å². The number of benzene rings is 1. The van der Waals surface area contributed by atoms with Gasteiger partial charge in [-0.1, -0.05) is 17.7 Å². The van der Waals surface area contributed by atoms with E-state index >= 15 is 0 Å². The van der Waals surface area contributed by atoms with Gasteiger partial charge in [0.25, 0.3) is 0 Å². The Bertz CT molecular complexity index is 657. The molecule has 1 fully saturated rings. The molecule has 8 heteroatoms. The predicted molar refractivity (Wildman–Crippen MR) is 120 cm³/mol. The molecule has 0 saturated carbocycles. The van der Waals surface area contributed by atoms with Crippen LogP contribution in [-0.4, -0.2) is 93.8 Å². The fourth-order valence-corrected chi connectivity index (χ4v) is 3.20. The number of nitrogens with zero attached hydrogens (tertiary/aromatic N) is 3. The molecule has 8 nitrogen and oxygen atoms in total. The lowest BCUT2D eigenvalue weighted by Crippen LogP contribution is -2.54. The van der Waals surface area contributed by atoms with E-state index in [9.17, 15) is 4.79 Å². The van der Waals surface area contributed by atoms with Gasteiger partial charge in [-0.05, 0) is 32.9 Å². The normalized spacial score (nSPS) is 16.3. The third kappa shape index (κ3) is 8.59. The van der Waals surface area contributed by atoms with Gasteiger partial charge < -0.3 is 25.0 Å². The number of aliphatic imine (C=N–C) groups is 1. The Balaban J connectivity index is 1.80. The zero-order valence-corrected chi connectivity index (χ0v) is 18.8. The molecule has 1 aromatic carbocycles. The summed E-state index contributed by atoms with van der Waals surface area (Å²) in [4.78, 5) is 21.2. The number of ether oxygens (including phenoxy) is 2. The summed E-state index contributed by atoms with van der Waals surface area (Å²) in [5.41, 5.74) is 1.22. The highest BCUT2D eigenvalue weighted by molar-refractivity contribution is 5.80. The van der Waals surface area contributed by atoms with Crippen molar-refractivity contribution in [3.8, 4) is 5.75 Å². The first-order valence-corrected chi connectivity index (χ1v) is 10.8. The number of piperazine rings is 1. The molecule has 0 aliphatic carbocycles. The quantitative estimate of drug-likeness (QED) is 0.336. The number of hydrogen-bond donors (Lipinski definition) is 2. The third-order valence-corrected chi connectivity index (χ3v) is 4.86. The summed E-state index contributed by atoms with van der Waals surface area (Å²) < 4.78 is 10.9. The van der Waals surface area contributed by atoms with Gasteiger partial charge in [0.1, 0.15) is 11.9 Å². The van der Waals surface area contributed by atoms with Crippen LogP contribution in [0.15, 0.2) is 29.3 Å². The van der Waals surface area contributed by atoms with Crippen molar-refractivity contribution in [3.05, 3.63) is 29.8 Å². The van der Waals surface area contributed by atoms with Gasteiger partial charge in [-0.15, -0.1) is 0 Å². The van der Waals surface area contributed by atoms with Gasteiger partial charge in [-0.3, -0.25) is 9.69 Å².